The molecule has 0 aliphatic heterocycles. The highest BCUT2D eigenvalue weighted by atomic mass is 32.2. The largest absolute Gasteiger partial charge is 0.325 e. The van der Waals surface area contributed by atoms with Crippen molar-refractivity contribution in [2.24, 2.45) is 0 Å². The number of carbonyl (C=O) groups is 1. The minimum absolute atomic E-state index is 0.0736. The van der Waals surface area contributed by atoms with Gasteiger partial charge in [-0.25, -0.2) is 4.98 Å². The number of carbonyl (C=O) groups excluding carboxylic acids is 1. The van der Waals surface area contributed by atoms with Crippen molar-refractivity contribution in [3.05, 3.63) is 63.9 Å². The van der Waals surface area contributed by atoms with Gasteiger partial charge in [-0.15, -0.1) is 0 Å². The van der Waals surface area contributed by atoms with E-state index in [4.69, 9.17) is 0 Å². The number of rotatable bonds is 5. The van der Waals surface area contributed by atoms with E-state index in [-0.39, 0.29) is 17.2 Å². The fourth-order valence-corrected chi connectivity index (χ4v) is 3.60. The topological polar surface area (TPSA) is 64.0 Å². The van der Waals surface area contributed by atoms with Gasteiger partial charge in [-0.05, 0) is 50.1 Å². The van der Waals surface area contributed by atoms with Crippen LogP contribution in [0, 0.1) is 13.8 Å². The number of thioether (sulfide) groups is 1. The van der Waals surface area contributed by atoms with Crippen LogP contribution in [0.1, 0.15) is 18.1 Å². The van der Waals surface area contributed by atoms with Gasteiger partial charge in [0.2, 0.25) is 5.91 Å². The van der Waals surface area contributed by atoms with Gasteiger partial charge >= 0.3 is 0 Å². The van der Waals surface area contributed by atoms with Crippen molar-refractivity contribution < 1.29 is 4.79 Å². The summed E-state index contributed by atoms with van der Waals surface area (Å²) in [6, 6.07) is 13.1. The van der Waals surface area contributed by atoms with E-state index >= 15 is 0 Å². The van der Waals surface area contributed by atoms with Crippen LogP contribution in [0.5, 0.6) is 0 Å². The van der Waals surface area contributed by atoms with Crippen LogP contribution in [0.25, 0.3) is 10.9 Å². The van der Waals surface area contributed by atoms with Crippen LogP contribution < -0.4 is 10.9 Å². The predicted molar refractivity (Wildman–Crippen MR) is 107 cm³/mol. The van der Waals surface area contributed by atoms with Crippen molar-refractivity contribution in [1.29, 1.82) is 0 Å². The molecule has 5 nitrogen and oxygen atoms in total. The summed E-state index contributed by atoms with van der Waals surface area (Å²) in [6.07, 6.45) is 0. The second-order valence-electron chi connectivity index (χ2n) is 6.05. The van der Waals surface area contributed by atoms with E-state index in [0.717, 1.165) is 16.8 Å². The first kappa shape index (κ1) is 18.2. The van der Waals surface area contributed by atoms with E-state index in [0.29, 0.717) is 22.6 Å². The standard InChI is InChI=1S/C20H21N3O2S/c1-4-23-19(25)15-9-5-6-10-17(15)22-20(23)26-12-18(24)21-16-11-7-8-13(2)14(16)3/h5-11H,4,12H2,1-3H3,(H,21,24). The fourth-order valence-electron chi connectivity index (χ4n) is 2.74. The van der Waals surface area contributed by atoms with Crippen molar-refractivity contribution >= 4 is 34.3 Å². The van der Waals surface area contributed by atoms with E-state index in [1.165, 1.54) is 11.8 Å². The Hall–Kier alpha value is -2.60. The van der Waals surface area contributed by atoms with Gasteiger partial charge in [0.05, 0.1) is 16.7 Å². The molecule has 0 aliphatic rings. The Morgan fingerprint density at radius 3 is 2.69 bits per heavy atom. The Bertz CT molecular complexity index is 1030. The molecule has 1 aromatic heterocycles. The average Bonchev–Trinajstić information content (AvgIpc) is 2.64. The van der Waals surface area contributed by atoms with Gasteiger partial charge in [-0.2, -0.15) is 0 Å². The number of aryl methyl sites for hydroxylation is 1. The van der Waals surface area contributed by atoms with Gasteiger partial charge in [-0.3, -0.25) is 14.2 Å². The maximum atomic E-state index is 12.6. The third-order valence-corrected chi connectivity index (χ3v) is 5.33. The zero-order chi connectivity index (χ0) is 18.7. The number of fused-ring (bicyclic) bond motifs is 1. The lowest BCUT2D eigenvalue weighted by Crippen LogP contribution is -2.23. The van der Waals surface area contributed by atoms with Gasteiger partial charge < -0.3 is 5.32 Å². The summed E-state index contributed by atoms with van der Waals surface area (Å²) < 4.78 is 1.61. The number of nitrogens with one attached hydrogen (secondary N) is 1. The number of nitrogens with zero attached hydrogens (tertiary/aromatic N) is 2. The number of aromatic nitrogens is 2. The monoisotopic (exact) mass is 367 g/mol. The third-order valence-electron chi connectivity index (χ3n) is 4.35. The SMILES string of the molecule is CCn1c(SCC(=O)Nc2cccc(C)c2C)nc2ccccc2c1=O. The molecule has 1 N–H and O–H groups in total. The van der Waals surface area contributed by atoms with Crippen molar-refractivity contribution in [2.75, 3.05) is 11.1 Å². The second-order valence-corrected chi connectivity index (χ2v) is 6.99. The lowest BCUT2D eigenvalue weighted by atomic mass is 10.1. The molecule has 134 valence electrons. The molecule has 0 bridgehead atoms. The number of amides is 1. The fraction of sp³-hybridized carbons (Fsp3) is 0.250. The molecule has 3 rings (SSSR count). The highest BCUT2D eigenvalue weighted by Crippen LogP contribution is 2.20. The highest BCUT2D eigenvalue weighted by molar-refractivity contribution is 7.99. The molecule has 0 saturated carbocycles. The van der Waals surface area contributed by atoms with Crippen molar-refractivity contribution in [1.82, 2.24) is 9.55 Å². The molecule has 0 unspecified atom stereocenters. The van der Waals surface area contributed by atoms with Gasteiger partial charge in [0.25, 0.3) is 5.56 Å². The molecule has 1 heterocycles. The molecule has 0 fully saturated rings. The molecule has 0 radical (unpaired) electrons. The van der Waals surface area contributed by atoms with Crippen LogP contribution in [0.15, 0.2) is 52.4 Å². The Labute approximate surface area is 156 Å². The summed E-state index contributed by atoms with van der Waals surface area (Å²) in [5, 5.41) is 4.09. The molecule has 0 saturated heterocycles. The molecule has 0 spiro atoms. The summed E-state index contributed by atoms with van der Waals surface area (Å²) in [6.45, 7) is 6.41. The Balaban J connectivity index is 1.80. The molecule has 26 heavy (non-hydrogen) atoms. The lowest BCUT2D eigenvalue weighted by Gasteiger charge is -2.12. The molecule has 1 amide bonds. The van der Waals surface area contributed by atoms with Crippen LogP contribution in [0.3, 0.4) is 0 Å². The quantitative estimate of drug-likeness (QED) is 0.551. The first-order valence-electron chi connectivity index (χ1n) is 8.49. The Morgan fingerprint density at radius 1 is 1.15 bits per heavy atom. The number of benzene rings is 2. The van der Waals surface area contributed by atoms with E-state index in [1.807, 2.05) is 57.2 Å². The Morgan fingerprint density at radius 2 is 1.92 bits per heavy atom. The predicted octanol–water partition coefficient (Wildman–Crippen LogP) is 3.76. The van der Waals surface area contributed by atoms with Crippen molar-refractivity contribution in [2.45, 2.75) is 32.5 Å². The van der Waals surface area contributed by atoms with E-state index < -0.39 is 0 Å². The average molecular weight is 367 g/mol. The summed E-state index contributed by atoms with van der Waals surface area (Å²) in [5.74, 6) is 0.0757. The highest BCUT2D eigenvalue weighted by Gasteiger charge is 2.13. The van der Waals surface area contributed by atoms with E-state index in [2.05, 4.69) is 10.3 Å². The smallest absolute Gasteiger partial charge is 0.262 e. The summed E-state index contributed by atoms with van der Waals surface area (Å²) in [4.78, 5) is 29.5. The summed E-state index contributed by atoms with van der Waals surface area (Å²) in [7, 11) is 0. The van der Waals surface area contributed by atoms with Crippen molar-refractivity contribution in [3.63, 3.8) is 0 Å². The van der Waals surface area contributed by atoms with Crippen LogP contribution >= 0.6 is 11.8 Å². The molecular weight excluding hydrogens is 346 g/mol. The number of para-hydroxylation sites is 1. The van der Waals surface area contributed by atoms with Crippen LogP contribution in [-0.2, 0) is 11.3 Å². The normalized spacial score (nSPS) is 10.9. The minimum atomic E-state index is -0.117. The number of hydrogen-bond acceptors (Lipinski definition) is 4. The van der Waals surface area contributed by atoms with E-state index in [1.54, 1.807) is 10.6 Å². The van der Waals surface area contributed by atoms with Crippen molar-refractivity contribution in [3.8, 4) is 0 Å². The first-order valence-corrected chi connectivity index (χ1v) is 9.48. The molecule has 0 atom stereocenters. The van der Waals surface area contributed by atoms with Gasteiger partial charge in [0.1, 0.15) is 0 Å². The zero-order valence-electron chi connectivity index (χ0n) is 15.1. The molecular formula is C20H21N3O2S. The Kier molecular flexibility index (Phi) is 5.42. The molecule has 2 aromatic carbocycles. The molecule has 3 aromatic rings. The maximum Gasteiger partial charge on any atom is 0.262 e. The number of anilines is 1. The lowest BCUT2D eigenvalue weighted by molar-refractivity contribution is -0.113. The van der Waals surface area contributed by atoms with Gasteiger partial charge in [-0.1, -0.05) is 36.0 Å². The van der Waals surface area contributed by atoms with Gasteiger partial charge in [0, 0.05) is 12.2 Å². The minimum Gasteiger partial charge on any atom is -0.325 e. The van der Waals surface area contributed by atoms with Gasteiger partial charge in [0.15, 0.2) is 5.16 Å². The number of hydrogen-bond donors (Lipinski definition) is 1. The van der Waals surface area contributed by atoms with Crippen LogP contribution in [-0.4, -0.2) is 21.2 Å². The maximum absolute atomic E-state index is 12.6. The van der Waals surface area contributed by atoms with Crippen LogP contribution in [0.4, 0.5) is 5.69 Å². The molecule has 0 aliphatic carbocycles. The van der Waals surface area contributed by atoms with Crippen LogP contribution in [0.2, 0.25) is 0 Å². The second kappa shape index (κ2) is 7.74. The zero-order valence-corrected chi connectivity index (χ0v) is 15.9. The first-order chi connectivity index (χ1) is 12.5. The summed E-state index contributed by atoms with van der Waals surface area (Å²) >= 11 is 1.28. The van der Waals surface area contributed by atoms with E-state index in [9.17, 15) is 9.59 Å². The summed E-state index contributed by atoms with van der Waals surface area (Å²) in [5.41, 5.74) is 3.58. The third kappa shape index (κ3) is 3.65. The molecule has 6 heteroatoms.